The summed E-state index contributed by atoms with van der Waals surface area (Å²) in [5.74, 6) is 0.569. The molecule has 6 nitrogen and oxygen atoms in total. The lowest BCUT2D eigenvalue weighted by molar-refractivity contribution is -0.142. The number of methoxy groups -OCH3 is 1. The number of hydrogen-bond acceptors (Lipinski definition) is 5. The molecule has 3 aromatic carbocycles. The van der Waals surface area contributed by atoms with Crippen molar-refractivity contribution in [2.45, 2.75) is 12.5 Å². The monoisotopic (exact) mass is 482 g/mol. The van der Waals surface area contributed by atoms with E-state index in [0.717, 1.165) is 16.8 Å². The quantitative estimate of drug-likeness (QED) is 0.266. The van der Waals surface area contributed by atoms with E-state index in [1.807, 2.05) is 36.4 Å². The summed E-state index contributed by atoms with van der Waals surface area (Å²) in [4.78, 5) is 26.4. The average Bonchev–Trinajstić information content (AvgIpc) is 3.14. The van der Waals surface area contributed by atoms with Gasteiger partial charge in [-0.05, 0) is 71.8 Å². The Hall–Kier alpha value is -3.32. The molecule has 3 aromatic rings. The molecule has 0 saturated heterocycles. The Bertz CT molecular complexity index is 1230. The molecule has 1 heterocycles. The van der Waals surface area contributed by atoms with Crippen LogP contribution in [0.3, 0.4) is 0 Å². The van der Waals surface area contributed by atoms with Gasteiger partial charge < -0.3 is 14.8 Å². The minimum absolute atomic E-state index is 0.161. The topological polar surface area (TPSA) is 76.7 Å². The van der Waals surface area contributed by atoms with Gasteiger partial charge in [0.2, 0.25) is 0 Å². The number of para-hydroxylation sites is 1. The molecule has 0 bridgehead atoms. The molecular weight excluding hydrogens is 463 g/mol. The summed E-state index contributed by atoms with van der Waals surface area (Å²) in [6.07, 6.45) is 2.15. The van der Waals surface area contributed by atoms with Gasteiger partial charge in [0.15, 0.2) is 0 Å². The van der Waals surface area contributed by atoms with Crippen LogP contribution in [-0.4, -0.2) is 25.0 Å². The standard InChI is InChI=1S/C25H20Cl2N2O4/c1-32-25(31)23(29-27)12-15-6-9-17(10-7-15)33-18-11-8-16(21(26)14-18)13-20-19-4-2-3-5-22(19)28-24(20)30/h2-11,13-14,23,29H,12H2,1H3,(H,28,30)/b20-13+/t23-/m0/s1. The number of hydrogen-bond donors (Lipinski definition) is 2. The molecule has 4 rings (SSSR count). The van der Waals surface area contributed by atoms with Crippen LogP contribution < -0.4 is 14.9 Å². The van der Waals surface area contributed by atoms with Gasteiger partial charge in [-0.1, -0.05) is 41.9 Å². The summed E-state index contributed by atoms with van der Waals surface area (Å²) in [5.41, 5.74) is 3.80. The first-order valence-corrected chi connectivity index (χ1v) is 10.9. The minimum Gasteiger partial charge on any atom is -0.468 e. The van der Waals surface area contributed by atoms with Crippen molar-refractivity contribution in [3.8, 4) is 11.5 Å². The molecule has 1 aliphatic heterocycles. The van der Waals surface area contributed by atoms with Gasteiger partial charge in [0.05, 0.1) is 12.1 Å². The number of benzene rings is 3. The first-order valence-electron chi connectivity index (χ1n) is 10.1. The van der Waals surface area contributed by atoms with Crippen molar-refractivity contribution in [3.63, 3.8) is 0 Å². The molecule has 1 atom stereocenters. The zero-order valence-corrected chi connectivity index (χ0v) is 19.1. The fraction of sp³-hybridized carbons (Fsp3) is 0.120. The van der Waals surface area contributed by atoms with Gasteiger partial charge in [0.25, 0.3) is 5.91 Å². The van der Waals surface area contributed by atoms with E-state index >= 15 is 0 Å². The number of halogens is 2. The Kier molecular flexibility index (Phi) is 6.99. The lowest BCUT2D eigenvalue weighted by atomic mass is 10.0. The zero-order valence-electron chi connectivity index (χ0n) is 17.6. The second-order valence-corrected chi connectivity index (χ2v) is 8.00. The molecule has 1 aliphatic rings. The number of esters is 1. The Labute approximate surface area is 201 Å². The van der Waals surface area contributed by atoms with E-state index in [1.54, 1.807) is 36.4 Å². The van der Waals surface area contributed by atoms with Gasteiger partial charge in [-0.15, -0.1) is 0 Å². The van der Waals surface area contributed by atoms with E-state index < -0.39 is 12.0 Å². The van der Waals surface area contributed by atoms with Gasteiger partial charge in [-0.25, -0.2) is 4.84 Å². The lowest BCUT2D eigenvalue weighted by Gasteiger charge is -2.13. The smallest absolute Gasteiger partial charge is 0.324 e. The van der Waals surface area contributed by atoms with Crippen molar-refractivity contribution < 1.29 is 19.1 Å². The molecule has 33 heavy (non-hydrogen) atoms. The molecule has 0 spiro atoms. The second kappa shape index (κ2) is 10.1. The van der Waals surface area contributed by atoms with Crippen molar-refractivity contribution >= 4 is 52.6 Å². The van der Waals surface area contributed by atoms with Gasteiger partial charge in [-0.2, -0.15) is 0 Å². The van der Waals surface area contributed by atoms with Crippen molar-refractivity contribution in [2.24, 2.45) is 0 Å². The van der Waals surface area contributed by atoms with Crippen LogP contribution in [0.5, 0.6) is 11.5 Å². The van der Waals surface area contributed by atoms with E-state index in [9.17, 15) is 9.59 Å². The fourth-order valence-corrected chi connectivity index (χ4v) is 3.89. The maximum absolute atomic E-state index is 12.3. The first kappa shape index (κ1) is 22.9. The lowest BCUT2D eigenvalue weighted by Crippen LogP contribution is -2.33. The summed E-state index contributed by atoms with van der Waals surface area (Å²) in [6, 6.07) is 19.4. The Morgan fingerprint density at radius 2 is 1.82 bits per heavy atom. The Morgan fingerprint density at radius 3 is 2.52 bits per heavy atom. The molecular formula is C25H20Cl2N2O4. The molecule has 0 unspecified atom stereocenters. The maximum atomic E-state index is 12.3. The molecule has 0 radical (unpaired) electrons. The highest BCUT2D eigenvalue weighted by Crippen LogP contribution is 2.35. The van der Waals surface area contributed by atoms with Gasteiger partial charge >= 0.3 is 5.97 Å². The first-order chi connectivity index (χ1) is 16.0. The Morgan fingerprint density at radius 1 is 1.09 bits per heavy atom. The predicted octanol–water partition coefficient (Wildman–Crippen LogP) is 5.45. The molecule has 168 valence electrons. The van der Waals surface area contributed by atoms with Gasteiger partial charge in [0.1, 0.15) is 17.5 Å². The molecule has 0 aliphatic carbocycles. The Balaban J connectivity index is 1.47. The summed E-state index contributed by atoms with van der Waals surface area (Å²) in [6.45, 7) is 0. The number of anilines is 1. The number of amides is 1. The number of ether oxygens (including phenoxy) is 2. The zero-order chi connectivity index (χ0) is 23.4. The van der Waals surface area contributed by atoms with Crippen LogP contribution in [0, 0.1) is 0 Å². The highest BCUT2D eigenvalue weighted by atomic mass is 35.5. The highest BCUT2D eigenvalue weighted by Gasteiger charge is 2.23. The molecule has 8 heteroatoms. The number of rotatable bonds is 7. The molecule has 2 N–H and O–H groups in total. The minimum atomic E-state index is -0.641. The van der Waals surface area contributed by atoms with E-state index in [2.05, 4.69) is 10.2 Å². The summed E-state index contributed by atoms with van der Waals surface area (Å²) in [5, 5.41) is 3.31. The largest absolute Gasteiger partial charge is 0.468 e. The summed E-state index contributed by atoms with van der Waals surface area (Å²) < 4.78 is 10.6. The SMILES string of the molecule is COC(=O)[C@H](Cc1ccc(Oc2ccc(/C=C3/C(=O)Nc4ccccc43)c(Cl)c2)cc1)NCl. The fourth-order valence-electron chi connectivity index (χ4n) is 3.50. The van der Waals surface area contributed by atoms with Gasteiger partial charge in [0, 0.05) is 16.8 Å². The molecule has 0 aromatic heterocycles. The molecule has 0 fully saturated rings. The normalized spacial score (nSPS) is 14.5. The van der Waals surface area contributed by atoms with E-state index in [1.165, 1.54) is 7.11 Å². The number of nitrogens with one attached hydrogen (secondary N) is 2. The third-order valence-electron chi connectivity index (χ3n) is 5.20. The second-order valence-electron chi connectivity index (χ2n) is 7.38. The van der Waals surface area contributed by atoms with Crippen LogP contribution in [0.2, 0.25) is 5.02 Å². The predicted molar refractivity (Wildman–Crippen MR) is 129 cm³/mol. The van der Waals surface area contributed by atoms with Crippen LogP contribution in [-0.2, 0) is 20.7 Å². The van der Waals surface area contributed by atoms with E-state index in [4.69, 9.17) is 32.9 Å². The summed E-state index contributed by atoms with van der Waals surface area (Å²) in [7, 11) is 1.31. The third-order valence-corrected chi connectivity index (χ3v) is 5.79. The summed E-state index contributed by atoms with van der Waals surface area (Å²) >= 11 is 12.1. The van der Waals surface area contributed by atoms with Gasteiger partial charge in [-0.3, -0.25) is 9.59 Å². The van der Waals surface area contributed by atoms with Crippen LogP contribution in [0.15, 0.2) is 66.7 Å². The van der Waals surface area contributed by atoms with Crippen LogP contribution in [0.4, 0.5) is 5.69 Å². The third kappa shape index (κ3) is 5.20. The van der Waals surface area contributed by atoms with Crippen molar-refractivity contribution in [1.82, 2.24) is 4.84 Å². The van der Waals surface area contributed by atoms with Crippen LogP contribution >= 0.6 is 23.4 Å². The highest BCUT2D eigenvalue weighted by molar-refractivity contribution is 6.37. The van der Waals surface area contributed by atoms with E-state index in [0.29, 0.717) is 34.1 Å². The van der Waals surface area contributed by atoms with Crippen molar-refractivity contribution in [3.05, 3.63) is 88.4 Å². The van der Waals surface area contributed by atoms with Crippen molar-refractivity contribution in [2.75, 3.05) is 12.4 Å². The van der Waals surface area contributed by atoms with Crippen LogP contribution in [0.25, 0.3) is 11.6 Å². The maximum Gasteiger partial charge on any atom is 0.324 e. The van der Waals surface area contributed by atoms with Crippen LogP contribution in [0.1, 0.15) is 16.7 Å². The van der Waals surface area contributed by atoms with Crippen molar-refractivity contribution in [1.29, 1.82) is 0 Å². The number of carbonyl (C=O) groups is 2. The molecule has 1 amide bonds. The molecule has 0 saturated carbocycles. The van der Waals surface area contributed by atoms with E-state index in [-0.39, 0.29) is 5.91 Å². The number of fused-ring (bicyclic) bond motifs is 1. The number of carbonyl (C=O) groups excluding carboxylic acids is 2. The average molecular weight is 483 g/mol.